The number of rotatable bonds is 5. The average molecular weight is 294 g/mol. The van der Waals surface area contributed by atoms with E-state index in [4.69, 9.17) is 16.3 Å². The van der Waals surface area contributed by atoms with Crippen LogP contribution in [0.2, 0.25) is 5.02 Å². The van der Waals surface area contributed by atoms with E-state index < -0.39 is 4.92 Å². The van der Waals surface area contributed by atoms with Crippen LogP contribution in [0.25, 0.3) is 0 Å². The second-order valence-corrected chi connectivity index (χ2v) is 4.26. The van der Waals surface area contributed by atoms with Gasteiger partial charge in [-0.05, 0) is 19.1 Å². The van der Waals surface area contributed by atoms with E-state index in [1.165, 1.54) is 18.2 Å². The van der Waals surface area contributed by atoms with Gasteiger partial charge in [0.05, 0.1) is 9.95 Å². The fraction of sp³-hybridized carbons (Fsp3) is 0.154. The summed E-state index contributed by atoms with van der Waals surface area (Å²) < 4.78 is 5.53. The molecule has 0 aliphatic carbocycles. The third-order valence-corrected chi connectivity index (χ3v) is 2.75. The molecule has 6 nitrogen and oxygen atoms in total. The van der Waals surface area contributed by atoms with Crippen LogP contribution in [-0.4, -0.2) is 16.5 Å². The van der Waals surface area contributed by atoms with Crippen molar-refractivity contribution in [3.8, 4) is 11.5 Å². The predicted molar refractivity (Wildman–Crippen MR) is 76.6 cm³/mol. The molecule has 0 spiro atoms. The number of nitrogens with one attached hydrogen (secondary N) is 1. The molecule has 2 rings (SSSR count). The first-order valence-corrected chi connectivity index (χ1v) is 6.30. The largest absolute Gasteiger partial charge is 0.448 e. The summed E-state index contributed by atoms with van der Waals surface area (Å²) >= 11 is 5.96. The fourth-order valence-electron chi connectivity index (χ4n) is 1.61. The summed E-state index contributed by atoms with van der Waals surface area (Å²) in [7, 11) is 0. The Morgan fingerprint density at radius 1 is 1.45 bits per heavy atom. The number of anilines is 1. The predicted octanol–water partition coefficient (Wildman–Crippen LogP) is 3.87. The van der Waals surface area contributed by atoms with Crippen LogP contribution in [-0.2, 0) is 0 Å². The Kier molecular flexibility index (Phi) is 4.37. The summed E-state index contributed by atoms with van der Waals surface area (Å²) in [5, 5.41) is 14.2. The van der Waals surface area contributed by atoms with Crippen molar-refractivity contribution in [2.45, 2.75) is 6.92 Å². The molecule has 0 bridgehead atoms. The van der Waals surface area contributed by atoms with Crippen molar-refractivity contribution in [3.05, 3.63) is 51.7 Å². The van der Waals surface area contributed by atoms with E-state index in [1.807, 2.05) is 6.92 Å². The first kappa shape index (κ1) is 14.1. The maximum atomic E-state index is 11.0. The molecule has 0 radical (unpaired) electrons. The summed E-state index contributed by atoms with van der Waals surface area (Å²) in [6.45, 7) is 2.65. The number of para-hydroxylation sites is 1. The van der Waals surface area contributed by atoms with E-state index in [0.717, 1.165) is 0 Å². The lowest BCUT2D eigenvalue weighted by atomic mass is 10.3. The molecule has 104 valence electrons. The molecule has 7 heteroatoms. The molecule has 0 aliphatic rings. The molecule has 0 atom stereocenters. The van der Waals surface area contributed by atoms with Gasteiger partial charge >= 0.3 is 5.69 Å². The number of pyridine rings is 1. The first-order chi connectivity index (χ1) is 9.61. The van der Waals surface area contributed by atoms with Crippen molar-refractivity contribution in [1.82, 2.24) is 4.98 Å². The van der Waals surface area contributed by atoms with Crippen LogP contribution in [0.1, 0.15) is 6.92 Å². The molecule has 1 heterocycles. The van der Waals surface area contributed by atoms with Crippen LogP contribution in [0.4, 0.5) is 11.5 Å². The maximum Gasteiger partial charge on any atom is 0.313 e. The lowest BCUT2D eigenvalue weighted by Crippen LogP contribution is -1.99. The second-order valence-electron chi connectivity index (χ2n) is 3.85. The van der Waals surface area contributed by atoms with Gasteiger partial charge in [0.15, 0.2) is 0 Å². The summed E-state index contributed by atoms with van der Waals surface area (Å²) in [5.74, 6) is 1.07. The van der Waals surface area contributed by atoms with E-state index in [1.54, 1.807) is 18.3 Å². The monoisotopic (exact) mass is 293 g/mol. The third kappa shape index (κ3) is 3.16. The van der Waals surface area contributed by atoms with Gasteiger partial charge in [-0.1, -0.05) is 17.7 Å². The molecule has 0 unspecified atom stereocenters. The minimum Gasteiger partial charge on any atom is -0.448 e. The van der Waals surface area contributed by atoms with E-state index in [9.17, 15) is 10.1 Å². The number of hydrogen-bond acceptors (Lipinski definition) is 5. The highest BCUT2D eigenvalue weighted by Crippen LogP contribution is 2.37. The zero-order chi connectivity index (χ0) is 14.5. The lowest BCUT2D eigenvalue weighted by Gasteiger charge is -2.09. The van der Waals surface area contributed by atoms with Gasteiger partial charge in [0.1, 0.15) is 11.6 Å². The zero-order valence-corrected chi connectivity index (χ0v) is 11.4. The molecular weight excluding hydrogens is 282 g/mol. The minimum atomic E-state index is -0.534. The van der Waals surface area contributed by atoms with E-state index in [-0.39, 0.29) is 16.5 Å². The number of hydrogen-bond donors (Lipinski definition) is 1. The minimum absolute atomic E-state index is 0.0211. The summed E-state index contributed by atoms with van der Waals surface area (Å²) in [6.07, 6.45) is 1.55. The number of aromatic nitrogens is 1. The van der Waals surface area contributed by atoms with E-state index >= 15 is 0 Å². The van der Waals surface area contributed by atoms with Gasteiger partial charge in [-0.2, -0.15) is 0 Å². The summed E-state index contributed by atoms with van der Waals surface area (Å²) in [6, 6.07) is 7.64. The Hall–Kier alpha value is -2.34. The molecule has 0 amide bonds. The SMILES string of the molecule is CCNc1cc(Oc2c(Cl)cccc2[N+](=O)[O-])ccn1. The van der Waals surface area contributed by atoms with Crippen molar-refractivity contribution >= 4 is 23.1 Å². The topological polar surface area (TPSA) is 77.3 Å². The molecule has 0 aliphatic heterocycles. The molecule has 0 saturated carbocycles. The van der Waals surface area contributed by atoms with Crippen molar-refractivity contribution in [1.29, 1.82) is 0 Å². The molecular formula is C13H12ClN3O3. The highest BCUT2D eigenvalue weighted by atomic mass is 35.5. The van der Waals surface area contributed by atoms with Crippen molar-refractivity contribution < 1.29 is 9.66 Å². The summed E-state index contributed by atoms with van der Waals surface area (Å²) in [5.41, 5.74) is -0.181. The quantitative estimate of drug-likeness (QED) is 0.669. The molecule has 0 saturated heterocycles. The van der Waals surface area contributed by atoms with Gasteiger partial charge in [-0.25, -0.2) is 4.98 Å². The lowest BCUT2D eigenvalue weighted by molar-refractivity contribution is -0.385. The van der Waals surface area contributed by atoms with Gasteiger partial charge in [0.2, 0.25) is 5.75 Å². The average Bonchev–Trinajstić information content (AvgIpc) is 2.41. The van der Waals surface area contributed by atoms with Gasteiger partial charge in [-0.3, -0.25) is 10.1 Å². The van der Waals surface area contributed by atoms with Crippen LogP contribution >= 0.6 is 11.6 Å². The van der Waals surface area contributed by atoms with Gasteiger partial charge in [0.25, 0.3) is 0 Å². The Morgan fingerprint density at radius 2 is 2.25 bits per heavy atom. The molecule has 1 aromatic heterocycles. The third-order valence-electron chi connectivity index (χ3n) is 2.45. The van der Waals surface area contributed by atoms with Crippen molar-refractivity contribution in [2.75, 3.05) is 11.9 Å². The van der Waals surface area contributed by atoms with Crippen LogP contribution in [0.3, 0.4) is 0 Å². The number of ether oxygens (including phenoxy) is 1. The fourth-order valence-corrected chi connectivity index (χ4v) is 1.82. The van der Waals surface area contributed by atoms with Gasteiger partial charge in [-0.15, -0.1) is 0 Å². The molecule has 1 N–H and O–H groups in total. The van der Waals surface area contributed by atoms with Gasteiger partial charge in [0, 0.05) is 24.9 Å². The smallest absolute Gasteiger partial charge is 0.313 e. The van der Waals surface area contributed by atoms with E-state index in [0.29, 0.717) is 18.1 Å². The van der Waals surface area contributed by atoms with Crippen LogP contribution in [0, 0.1) is 10.1 Å². The van der Waals surface area contributed by atoms with Gasteiger partial charge < -0.3 is 10.1 Å². The van der Waals surface area contributed by atoms with Crippen molar-refractivity contribution in [2.24, 2.45) is 0 Å². The standard InChI is InChI=1S/C13H12ClN3O3/c1-2-15-12-8-9(6-7-16-12)20-13-10(14)4-3-5-11(13)17(18)19/h3-8H,2H2,1H3,(H,15,16). The Labute approximate surface area is 120 Å². The van der Waals surface area contributed by atoms with Crippen LogP contribution in [0.5, 0.6) is 11.5 Å². The molecule has 20 heavy (non-hydrogen) atoms. The zero-order valence-electron chi connectivity index (χ0n) is 10.7. The Balaban J connectivity index is 2.34. The first-order valence-electron chi connectivity index (χ1n) is 5.92. The summed E-state index contributed by atoms with van der Waals surface area (Å²) in [4.78, 5) is 14.5. The Bertz CT molecular complexity index is 634. The molecule has 0 fully saturated rings. The normalized spacial score (nSPS) is 10.1. The van der Waals surface area contributed by atoms with Crippen LogP contribution < -0.4 is 10.1 Å². The molecule has 2 aromatic rings. The molecule has 1 aromatic carbocycles. The number of nitrogens with zero attached hydrogens (tertiary/aromatic N) is 2. The van der Waals surface area contributed by atoms with Crippen molar-refractivity contribution in [3.63, 3.8) is 0 Å². The van der Waals surface area contributed by atoms with Crippen LogP contribution in [0.15, 0.2) is 36.5 Å². The van der Waals surface area contributed by atoms with E-state index in [2.05, 4.69) is 10.3 Å². The number of nitro groups is 1. The maximum absolute atomic E-state index is 11.0. The Morgan fingerprint density at radius 3 is 2.95 bits per heavy atom. The number of benzene rings is 1. The second kappa shape index (κ2) is 6.21. The highest BCUT2D eigenvalue weighted by molar-refractivity contribution is 6.32. The number of halogens is 1. The number of nitro benzene ring substituents is 1. The highest BCUT2D eigenvalue weighted by Gasteiger charge is 2.19.